The fourth-order valence-corrected chi connectivity index (χ4v) is 3.73. The Labute approximate surface area is 147 Å². The van der Waals surface area contributed by atoms with Crippen LogP contribution in [-0.4, -0.2) is 53.2 Å². The van der Waals surface area contributed by atoms with Crippen LogP contribution in [0.1, 0.15) is 24.2 Å². The zero-order valence-corrected chi connectivity index (χ0v) is 14.6. The topological polar surface area (TPSA) is 61.6 Å². The van der Waals surface area contributed by atoms with Gasteiger partial charge in [-0.3, -0.25) is 4.90 Å². The molecule has 2 aromatic rings. The van der Waals surface area contributed by atoms with E-state index in [2.05, 4.69) is 46.6 Å². The Bertz CT molecular complexity index is 740. The molecular weight excluding hydrogens is 316 g/mol. The minimum Gasteiger partial charge on any atom is -0.359 e. The van der Waals surface area contributed by atoms with Crippen LogP contribution in [0, 0.1) is 6.92 Å². The maximum absolute atomic E-state index is 11.9. The van der Waals surface area contributed by atoms with Gasteiger partial charge in [-0.25, -0.2) is 4.79 Å². The Morgan fingerprint density at radius 3 is 2.88 bits per heavy atom. The van der Waals surface area contributed by atoms with E-state index in [-0.39, 0.29) is 6.03 Å². The van der Waals surface area contributed by atoms with Crippen LogP contribution in [0.15, 0.2) is 34.9 Å². The molecule has 0 unspecified atom stereocenters. The number of nitrogens with one attached hydrogen (secondary N) is 1. The largest absolute Gasteiger partial charge is 0.359 e. The number of aromatic nitrogens is 1. The van der Waals surface area contributed by atoms with E-state index < -0.39 is 0 Å². The highest BCUT2D eigenvalue weighted by Gasteiger charge is 2.31. The van der Waals surface area contributed by atoms with E-state index in [0.29, 0.717) is 6.04 Å². The van der Waals surface area contributed by atoms with Gasteiger partial charge in [-0.1, -0.05) is 35.0 Å². The third-order valence-electron chi connectivity index (χ3n) is 5.10. The molecule has 2 aliphatic heterocycles. The third-order valence-corrected chi connectivity index (χ3v) is 5.10. The first-order valence-corrected chi connectivity index (χ1v) is 8.98. The van der Waals surface area contributed by atoms with E-state index in [9.17, 15) is 4.79 Å². The van der Waals surface area contributed by atoms with Gasteiger partial charge in [0.15, 0.2) is 5.76 Å². The normalized spacial score (nSPS) is 21.6. The van der Waals surface area contributed by atoms with E-state index in [1.165, 1.54) is 5.56 Å². The first-order valence-electron chi connectivity index (χ1n) is 8.98. The number of urea groups is 1. The van der Waals surface area contributed by atoms with Gasteiger partial charge in [-0.2, -0.15) is 0 Å². The van der Waals surface area contributed by atoms with Crippen molar-refractivity contribution in [2.24, 2.45) is 0 Å². The van der Waals surface area contributed by atoms with Crippen LogP contribution in [0.5, 0.6) is 0 Å². The molecule has 6 nitrogen and oxygen atoms in total. The molecule has 0 radical (unpaired) electrons. The summed E-state index contributed by atoms with van der Waals surface area (Å²) >= 11 is 0. The molecule has 2 aliphatic rings. The summed E-state index contributed by atoms with van der Waals surface area (Å²) in [6.45, 7) is 6.32. The monoisotopic (exact) mass is 340 g/mol. The number of hydrogen-bond acceptors (Lipinski definition) is 4. The number of carbonyl (C=O) groups excluding carboxylic acids is 1. The average Bonchev–Trinajstić information content (AvgIpc) is 3.25. The molecule has 132 valence electrons. The van der Waals surface area contributed by atoms with Crippen molar-refractivity contribution in [3.05, 3.63) is 41.7 Å². The fraction of sp³-hybridized carbons (Fsp3) is 0.474. The van der Waals surface area contributed by atoms with E-state index >= 15 is 0 Å². The highest BCUT2D eigenvalue weighted by molar-refractivity contribution is 5.76. The Kier molecular flexibility index (Phi) is 4.44. The number of rotatable bonds is 4. The predicted molar refractivity (Wildman–Crippen MR) is 95.1 cm³/mol. The van der Waals surface area contributed by atoms with Crippen LogP contribution in [0.2, 0.25) is 0 Å². The van der Waals surface area contributed by atoms with E-state index in [4.69, 9.17) is 4.52 Å². The highest BCUT2D eigenvalue weighted by Crippen LogP contribution is 2.23. The Balaban J connectivity index is 1.40. The van der Waals surface area contributed by atoms with Crippen LogP contribution in [0.25, 0.3) is 11.3 Å². The molecule has 1 aromatic heterocycles. The van der Waals surface area contributed by atoms with Crippen LogP contribution in [0.4, 0.5) is 4.79 Å². The number of hydrogen-bond donors (Lipinski definition) is 1. The molecule has 1 atom stereocenters. The van der Waals surface area contributed by atoms with Gasteiger partial charge in [0.05, 0.1) is 6.54 Å². The summed E-state index contributed by atoms with van der Waals surface area (Å²) in [7, 11) is 0. The molecule has 6 heteroatoms. The molecule has 0 saturated carbocycles. The molecule has 1 aromatic carbocycles. The Morgan fingerprint density at radius 2 is 2.12 bits per heavy atom. The SMILES string of the molecule is Cc1ccc(-c2cc(CN3CCC[C@H](N4CCNC4=O)C3)on2)cc1. The zero-order chi connectivity index (χ0) is 17.2. The average molecular weight is 340 g/mol. The molecule has 2 saturated heterocycles. The summed E-state index contributed by atoms with van der Waals surface area (Å²) < 4.78 is 5.55. The van der Waals surface area contributed by atoms with Crippen LogP contribution >= 0.6 is 0 Å². The number of benzene rings is 1. The maximum atomic E-state index is 11.9. The quantitative estimate of drug-likeness (QED) is 0.929. The van der Waals surface area contributed by atoms with Gasteiger partial charge in [-0.05, 0) is 26.3 Å². The fourth-order valence-electron chi connectivity index (χ4n) is 3.73. The predicted octanol–water partition coefficient (Wildman–Crippen LogP) is 2.64. The summed E-state index contributed by atoms with van der Waals surface area (Å²) in [6, 6.07) is 10.7. The standard InChI is InChI=1S/C19H24N4O2/c1-14-4-6-15(7-5-14)18-11-17(25-21-18)13-22-9-2-3-16(12-22)23-10-8-20-19(23)24/h4-7,11,16H,2-3,8-10,12-13H2,1H3,(H,20,24)/t16-/m0/s1. The smallest absolute Gasteiger partial charge is 0.317 e. The molecule has 0 spiro atoms. The molecule has 3 heterocycles. The third kappa shape index (κ3) is 3.54. The number of nitrogens with zero attached hydrogens (tertiary/aromatic N) is 3. The lowest BCUT2D eigenvalue weighted by Gasteiger charge is -2.36. The van der Waals surface area contributed by atoms with Crippen LogP contribution in [0.3, 0.4) is 0 Å². The number of carbonyl (C=O) groups is 1. The van der Waals surface area contributed by atoms with Crippen molar-refractivity contribution in [3.8, 4) is 11.3 Å². The van der Waals surface area contributed by atoms with E-state index in [0.717, 1.165) is 62.6 Å². The van der Waals surface area contributed by atoms with E-state index in [1.807, 2.05) is 11.0 Å². The molecule has 2 amide bonds. The Morgan fingerprint density at radius 1 is 1.28 bits per heavy atom. The van der Waals surface area contributed by atoms with Gasteiger partial charge >= 0.3 is 6.03 Å². The first kappa shape index (κ1) is 16.1. The summed E-state index contributed by atoms with van der Waals surface area (Å²) in [5.74, 6) is 0.877. The summed E-state index contributed by atoms with van der Waals surface area (Å²) in [4.78, 5) is 16.2. The Hall–Kier alpha value is -2.34. The summed E-state index contributed by atoms with van der Waals surface area (Å²) in [5, 5.41) is 7.11. The number of aryl methyl sites for hydroxylation is 1. The minimum atomic E-state index is 0.0770. The van der Waals surface area contributed by atoms with Crippen molar-refractivity contribution in [3.63, 3.8) is 0 Å². The van der Waals surface area contributed by atoms with Crippen LogP contribution < -0.4 is 5.32 Å². The van der Waals surface area contributed by atoms with Crippen molar-refractivity contribution in [1.82, 2.24) is 20.3 Å². The lowest BCUT2D eigenvalue weighted by molar-refractivity contribution is 0.115. The number of piperidine rings is 1. The van der Waals surface area contributed by atoms with Crippen molar-refractivity contribution < 1.29 is 9.32 Å². The maximum Gasteiger partial charge on any atom is 0.317 e. The molecular formula is C19H24N4O2. The number of likely N-dealkylation sites (tertiary alicyclic amines) is 1. The lowest BCUT2D eigenvalue weighted by Crippen LogP contribution is -2.48. The van der Waals surface area contributed by atoms with E-state index in [1.54, 1.807) is 0 Å². The van der Waals surface area contributed by atoms with Gasteiger partial charge < -0.3 is 14.7 Å². The van der Waals surface area contributed by atoms with Crippen LogP contribution in [-0.2, 0) is 6.54 Å². The first-order chi connectivity index (χ1) is 12.2. The van der Waals surface area contributed by atoms with Gasteiger partial charge in [-0.15, -0.1) is 0 Å². The summed E-state index contributed by atoms with van der Waals surface area (Å²) in [6.07, 6.45) is 2.18. The molecule has 4 rings (SSSR count). The second-order valence-electron chi connectivity index (χ2n) is 7.00. The molecule has 2 fully saturated rings. The van der Waals surface area contributed by atoms with Gasteiger partial charge in [0.1, 0.15) is 5.69 Å². The van der Waals surface area contributed by atoms with Gasteiger partial charge in [0, 0.05) is 37.3 Å². The molecule has 25 heavy (non-hydrogen) atoms. The second kappa shape index (κ2) is 6.88. The molecule has 0 aliphatic carbocycles. The molecule has 1 N–H and O–H groups in total. The van der Waals surface area contributed by atoms with Gasteiger partial charge in [0.2, 0.25) is 0 Å². The zero-order valence-electron chi connectivity index (χ0n) is 14.6. The van der Waals surface area contributed by atoms with Gasteiger partial charge in [0.25, 0.3) is 0 Å². The van der Waals surface area contributed by atoms with Crippen molar-refractivity contribution in [1.29, 1.82) is 0 Å². The molecule has 0 bridgehead atoms. The lowest BCUT2D eigenvalue weighted by atomic mass is 10.0. The van der Waals surface area contributed by atoms with Crippen molar-refractivity contribution in [2.45, 2.75) is 32.4 Å². The minimum absolute atomic E-state index is 0.0770. The number of amides is 2. The van der Waals surface area contributed by atoms with Crippen molar-refractivity contribution in [2.75, 3.05) is 26.2 Å². The van der Waals surface area contributed by atoms with Crippen molar-refractivity contribution >= 4 is 6.03 Å². The summed E-state index contributed by atoms with van der Waals surface area (Å²) in [5.41, 5.74) is 3.19. The second-order valence-corrected chi connectivity index (χ2v) is 7.00. The highest BCUT2D eigenvalue weighted by atomic mass is 16.5.